The topological polar surface area (TPSA) is 58.3 Å². The third-order valence-corrected chi connectivity index (χ3v) is 4.57. The summed E-state index contributed by atoms with van der Waals surface area (Å²) in [5, 5.41) is 7.96. The summed E-state index contributed by atoms with van der Waals surface area (Å²) in [6.07, 6.45) is 0. The Hall–Kier alpha value is -2.47. The van der Waals surface area contributed by atoms with Crippen molar-refractivity contribution >= 4 is 16.7 Å². The quantitative estimate of drug-likeness (QED) is 0.738. The first kappa shape index (κ1) is 15.1. The van der Waals surface area contributed by atoms with E-state index in [0.717, 1.165) is 55.1 Å². The van der Waals surface area contributed by atoms with Gasteiger partial charge in [0.05, 0.1) is 0 Å². The van der Waals surface area contributed by atoms with E-state index in [9.17, 15) is 0 Å². The Balaban J connectivity index is 1.44. The SMILES string of the molecule is Cc1cc(N2CCN(Cc3cccc4nonc34)CC2)cc(C)n1. The summed E-state index contributed by atoms with van der Waals surface area (Å²) < 4.78 is 4.86. The lowest BCUT2D eigenvalue weighted by Crippen LogP contribution is -2.46. The van der Waals surface area contributed by atoms with E-state index in [2.05, 4.69) is 57.1 Å². The van der Waals surface area contributed by atoms with Gasteiger partial charge in [-0.3, -0.25) is 9.88 Å². The lowest BCUT2D eigenvalue weighted by Gasteiger charge is -2.36. The first-order valence-corrected chi connectivity index (χ1v) is 8.32. The van der Waals surface area contributed by atoms with Crippen LogP contribution < -0.4 is 4.90 Å². The number of hydrogen-bond acceptors (Lipinski definition) is 6. The third kappa shape index (κ3) is 2.97. The third-order valence-electron chi connectivity index (χ3n) is 4.57. The van der Waals surface area contributed by atoms with Gasteiger partial charge < -0.3 is 4.90 Å². The van der Waals surface area contributed by atoms with Gasteiger partial charge in [0.2, 0.25) is 0 Å². The van der Waals surface area contributed by atoms with Crippen molar-refractivity contribution in [3.05, 3.63) is 47.3 Å². The molecule has 1 aliphatic rings. The number of pyridine rings is 1. The molecule has 1 aromatic carbocycles. The van der Waals surface area contributed by atoms with Crippen LogP contribution in [-0.4, -0.2) is 46.4 Å². The minimum absolute atomic E-state index is 0.828. The highest BCUT2D eigenvalue weighted by atomic mass is 16.6. The highest BCUT2D eigenvalue weighted by molar-refractivity contribution is 5.76. The molecular weight excluding hydrogens is 302 g/mol. The summed E-state index contributed by atoms with van der Waals surface area (Å²) in [4.78, 5) is 9.37. The molecule has 0 bridgehead atoms. The zero-order chi connectivity index (χ0) is 16.5. The van der Waals surface area contributed by atoms with Gasteiger partial charge in [-0.2, -0.15) is 0 Å². The van der Waals surface area contributed by atoms with Crippen LogP contribution in [-0.2, 0) is 6.54 Å². The summed E-state index contributed by atoms with van der Waals surface area (Å²) in [5.74, 6) is 0. The van der Waals surface area contributed by atoms with E-state index < -0.39 is 0 Å². The molecule has 0 unspecified atom stereocenters. The van der Waals surface area contributed by atoms with Gasteiger partial charge in [-0.1, -0.05) is 12.1 Å². The molecule has 0 atom stereocenters. The normalized spacial score (nSPS) is 16.0. The van der Waals surface area contributed by atoms with Crippen LogP contribution in [0.2, 0.25) is 0 Å². The van der Waals surface area contributed by atoms with Crippen molar-refractivity contribution in [1.82, 2.24) is 20.2 Å². The van der Waals surface area contributed by atoms with Gasteiger partial charge in [0.1, 0.15) is 11.0 Å². The zero-order valence-electron chi connectivity index (χ0n) is 14.1. The summed E-state index contributed by atoms with van der Waals surface area (Å²) in [6, 6.07) is 10.4. The van der Waals surface area contributed by atoms with Crippen LogP contribution in [0.1, 0.15) is 17.0 Å². The lowest BCUT2D eigenvalue weighted by molar-refractivity contribution is 0.250. The Labute approximate surface area is 141 Å². The van der Waals surface area contributed by atoms with Crippen LogP contribution in [0.3, 0.4) is 0 Å². The average Bonchev–Trinajstić information content (AvgIpc) is 3.04. The van der Waals surface area contributed by atoms with E-state index >= 15 is 0 Å². The molecule has 124 valence electrons. The van der Waals surface area contributed by atoms with Gasteiger partial charge in [0.15, 0.2) is 0 Å². The van der Waals surface area contributed by atoms with Crippen molar-refractivity contribution < 1.29 is 4.63 Å². The number of fused-ring (bicyclic) bond motifs is 1. The molecule has 0 aliphatic carbocycles. The molecule has 1 saturated heterocycles. The van der Waals surface area contributed by atoms with Gasteiger partial charge in [-0.25, -0.2) is 4.63 Å². The van der Waals surface area contributed by atoms with Gasteiger partial charge in [0, 0.05) is 49.8 Å². The van der Waals surface area contributed by atoms with Crippen molar-refractivity contribution in [2.45, 2.75) is 20.4 Å². The number of hydrogen-bond donors (Lipinski definition) is 0. The molecule has 0 radical (unpaired) electrons. The Morgan fingerprint density at radius 1 is 1.00 bits per heavy atom. The smallest absolute Gasteiger partial charge is 0.139 e. The monoisotopic (exact) mass is 323 g/mol. The second-order valence-corrected chi connectivity index (χ2v) is 6.42. The van der Waals surface area contributed by atoms with Crippen molar-refractivity contribution in [2.24, 2.45) is 0 Å². The lowest BCUT2D eigenvalue weighted by atomic mass is 10.1. The first-order chi connectivity index (χ1) is 11.7. The van der Waals surface area contributed by atoms with Crippen LogP contribution in [0.5, 0.6) is 0 Å². The van der Waals surface area contributed by atoms with E-state index in [4.69, 9.17) is 4.63 Å². The van der Waals surface area contributed by atoms with Crippen LogP contribution in [0.25, 0.3) is 11.0 Å². The summed E-state index contributed by atoms with van der Waals surface area (Å²) in [5.41, 5.74) is 6.32. The van der Waals surface area contributed by atoms with Crippen LogP contribution in [0.4, 0.5) is 5.69 Å². The van der Waals surface area contributed by atoms with Crippen LogP contribution in [0, 0.1) is 13.8 Å². The summed E-state index contributed by atoms with van der Waals surface area (Å²) in [6.45, 7) is 9.10. The number of nitrogens with zero attached hydrogens (tertiary/aromatic N) is 5. The first-order valence-electron chi connectivity index (χ1n) is 8.32. The molecule has 0 N–H and O–H groups in total. The second-order valence-electron chi connectivity index (χ2n) is 6.42. The molecule has 1 fully saturated rings. The van der Waals surface area contributed by atoms with Gasteiger partial charge in [-0.15, -0.1) is 0 Å². The molecule has 6 nitrogen and oxygen atoms in total. The average molecular weight is 323 g/mol. The van der Waals surface area contributed by atoms with Crippen molar-refractivity contribution in [1.29, 1.82) is 0 Å². The van der Waals surface area contributed by atoms with Gasteiger partial charge >= 0.3 is 0 Å². The predicted octanol–water partition coefficient (Wildman–Crippen LogP) is 2.56. The maximum absolute atomic E-state index is 4.86. The molecule has 0 amide bonds. The Kier molecular flexibility index (Phi) is 3.90. The van der Waals surface area contributed by atoms with E-state index in [1.54, 1.807) is 0 Å². The number of anilines is 1. The minimum Gasteiger partial charge on any atom is -0.369 e. The minimum atomic E-state index is 0.828. The Bertz CT molecular complexity index is 831. The van der Waals surface area contributed by atoms with Gasteiger partial charge in [0.25, 0.3) is 0 Å². The highest BCUT2D eigenvalue weighted by Crippen LogP contribution is 2.21. The van der Waals surface area contributed by atoms with Gasteiger partial charge in [-0.05, 0) is 47.9 Å². The molecule has 3 heterocycles. The second kappa shape index (κ2) is 6.20. The molecule has 0 saturated carbocycles. The highest BCUT2D eigenvalue weighted by Gasteiger charge is 2.19. The fourth-order valence-electron chi connectivity index (χ4n) is 3.39. The molecule has 4 rings (SSSR count). The maximum Gasteiger partial charge on any atom is 0.139 e. The van der Waals surface area contributed by atoms with E-state index in [1.165, 1.54) is 11.3 Å². The number of aromatic nitrogens is 3. The van der Waals surface area contributed by atoms with E-state index in [-0.39, 0.29) is 0 Å². The Morgan fingerprint density at radius 3 is 2.50 bits per heavy atom. The molecule has 6 heteroatoms. The Morgan fingerprint density at radius 2 is 1.75 bits per heavy atom. The van der Waals surface area contributed by atoms with E-state index in [1.807, 2.05) is 12.1 Å². The number of benzene rings is 1. The number of aryl methyl sites for hydroxylation is 2. The van der Waals surface area contributed by atoms with Crippen molar-refractivity contribution in [3.63, 3.8) is 0 Å². The van der Waals surface area contributed by atoms with Crippen molar-refractivity contribution in [3.8, 4) is 0 Å². The maximum atomic E-state index is 4.86. The molecule has 1 aliphatic heterocycles. The molecule has 3 aromatic rings. The fourth-order valence-corrected chi connectivity index (χ4v) is 3.39. The molecule has 24 heavy (non-hydrogen) atoms. The standard InChI is InChI=1S/C18H21N5O/c1-13-10-16(11-14(2)19-13)23-8-6-22(7-9-23)12-15-4-3-5-17-18(15)21-24-20-17/h3-5,10-11H,6-9,12H2,1-2H3. The van der Waals surface area contributed by atoms with Crippen LogP contribution >= 0.6 is 0 Å². The summed E-state index contributed by atoms with van der Waals surface area (Å²) >= 11 is 0. The molecule has 2 aromatic heterocycles. The fraction of sp³-hybridized carbons (Fsp3) is 0.389. The predicted molar refractivity (Wildman–Crippen MR) is 93.0 cm³/mol. The number of rotatable bonds is 3. The summed E-state index contributed by atoms with van der Waals surface area (Å²) in [7, 11) is 0. The molecular formula is C18H21N5O. The zero-order valence-corrected chi connectivity index (χ0v) is 14.1. The number of piperazine rings is 1. The van der Waals surface area contributed by atoms with Crippen LogP contribution in [0.15, 0.2) is 35.0 Å². The van der Waals surface area contributed by atoms with E-state index in [0.29, 0.717) is 0 Å². The van der Waals surface area contributed by atoms with Crippen molar-refractivity contribution in [2.75, 3.05) is 31.1 Å². The molecule has 0 spiro atoms. The largest absolute Gasteiger partial charge is 0.369 e.